The molecule has 5 rings (SSSR count). The van der Waals surface area contributed by atoms with Gasteiger partial charge < -0.3 is 4.74 Å². The molecule has 0 N–H and O–H groups in total. The summed E-state index contributed by atoms with van der Waals surface area (Å²) >= 11 is 0. The largest absolute Gasteiger partial charge is 0.497 e. The van der Waals surface area contributed by atoms with E-state index in [0.717, 1.165) is 57.1 Å². The third-order valence-electron chi connectivity index (χ3n) is 5.97. The highest BCUT2D eigenvalue weighted by atomic mass is 16.5. The first kappa shape index (κ1) is 18.3. The summed E-state index contributed by atoms with van der Waals surface area (Å²) in [6, 6.07) is 19.1. The molecule has 29 heavy (non-hydrogen) atoms. The first-order chi connectivity index (χ1) is 14.3. The van der Waals surface area contributed by atoms with Crippen LogP contribution in [0.2, 0.25) is 0 Å². The van der Waals surface area contributed by atoms with Gasteiger partial charge in [-0.2, -0.15) is 10.2 Å². The molecule has 0 saturated heterocycles. The fraction of sp³-hybridized carbons (Fsp3) is 0.333. The molecule has 0 saturated carbocycles. The SMILES string of the molecule is COc1ccc(CN2CCc3nnc4c(c3C2)CN(Cc2ccccc2)C4)cc1. The van der Waals surface area contributed by atoms with Crippen LogP contribution in [0.3, 0.4) is 0 Å². The molecule has 5 heteroatoms. The van der Waals surface area contributed by atoms with Gasteiger partial charge in [0.2, 0.25) is 0 Å². The van der Waals surface area contributed by atoms with E-state index < -0.39 is 0 Å². The lowest BCUT2D eigenvalue weighted by atomic mass is 9.99. The van der Waals surface area contributed by atoms with Crippen LogP contribution in [-0.2, 0) is 39.1 Å². The van der Waals surface area contributed by atoms with E-state index in [0.29, 0.717) is 0 Å². The van der Waals surface area contributed by atoms with Gasteiger partial charge >= 0.3 is 0 Å². The number of rotatable bonds is 5. The summed E-state index contributed by atoms with van der Waals surface area (Å²) < 4.78 is 5.28. The molecule has 0 aliphatic carbocycles. The summed E-state index contributed by atoms with van der Waals surface area (Å²) in [5, 5.41) is 9.15. The van der Waals surface area contributed by atoms with Crippen molar-refractivity contribution in [2.24, 2.45) is 0 Å². The molecule has 0 radical (unpaired) electrons. The maximum atomic E-state index is 5.28. The average Bonchev–Trinajstić information content (AvgIpc) is 3.18. The maximum absolute atomic E-state index is 5.28. The number of nitrogens with zero attached hydrogens (tertiary/aromatic N) is 4. The third kappa shape index (κ3) is 3.88. The summed E-state index contributed by atoms with van der Waals surface area (Å²) in [5.41, 5.74) is 7.83. The van der Waals surface area contributed by atoms with E-state index in [-0.39, 0.29) is 0 Å². The van der Waals surface area contributed by atoms with Crippen LogP contribution in [0.1, 0.15) is 33.6 Å². The first-order valence-corrected chi connectivity index (χ1v) is 10.3. The van der Waals surface area contributed by atoms with E-state index in [1.165, 1.54) is 27.9 Å². The van der Waals surface area contributed by atoms with Crippen molar-refractivity contribution in [1.82, 2.24) is 20.0 Å². The fourth-order valence-corrected chi connectivity index (χ4v) is 4.43. The lowest BCUT2D eigenvalue weighted by Crippen LogP contribution is -2.32. The highest BCUT2D eigenvalue weighted by Crippen LogP contribution is 2.30. The number of benzene rings is 2. The molecule has 2 aliphatic rings. The molecular formula is C24H26N4O. The quantitative estimate of drug-likeness (QED) is 0.671. The Bertz CT molecular complexity index is 988. The first-order valence-electron chi connectivity index (χ1n) is 10.3. The van der Waals surface area contributed by atoms with Crippen LogP contribution < -0.4 is 4.74 Å². The van der Waals surface area contributed by atoms with Crippen LogP contribution in [0.5, 0.6) is 5.75 Å². The van der Waals surface area contributed by atoms with Crippen molar-refractivity contribution in [2.75, 3.05) is 13.7 Å². The minimum Gasteiger partial charge on any atom is -0.497 e. The predicted octanol–water partition coefficient (Wildman–Crippen LogP) is 3.56. The summed E-state index contributed by atoms with van der Waals surface area (Å²) in [7, 11) is 1.71. The van der Waals surface area contributed by atoms with Crippen LogP contribution in [0.4, 0.5) is 0 Å². The second-order valence-corrected chi connectivity index (χ2v) is 7.99. The molecule has 5 nitrogen and oxygen atoms in total. The molecule has 0 fully saturated rings. The molecular weight excluding hydrogens is 360 g/mol. The molecule has 0 spiro atoms. The molecule has 2 aliphatic heterocycles. The van der Waals surface area contributed by atoms with Gasteiger partial charge in [-0.15, -0.1) is 0 Å². The Hall–Kier alpha value is -2.76. The number of fused-ring (bicyclic) bond motifs is 3. The summed E-state index contributed by atoms with van der Waals surface area (Å²) in [4.78, 5) is 4.99. The Morgan fingerprint density at radius 1 is 0.759 bits per heavy atom. The Labute approximate surface area is 171 Å². The topological polar surface area (TPSA) is 41.5 Å². The van der Waals surface area contributed by atoms with Gasteiger partial charge in [0.1, 0.15) is 5.75 Å². The van der Waals surface area contributed by atoms with Crippen molar-refractivity contribution in [3.8, 4) is 5.75 Å². The van der Waals surface area contributed by atoms with Crippen molar-refractivity contribution >= 4 is 0 Å². The van der Waals surface area contributed by atoms with Gasteiger partial charge in [0.25, 0.3) is 0 Å². The molecule has 0 atom stereocenters. The maximum Gasteiger partial charge on any atom is 0.118 e. The molecule has 0 amide bonds. The summed E-state index contributed by atoms with van der Waals surface area (Å²) in [6.45, 7) is 5.76. The van der Waals surface area contributed by atoms with E-state index in [4.69, 9.17) is 4.74 Å². The molecule has 3 heterocycles. The number of aromatic nitrogens is 2. The highest BCUT2D eigenvalue weighted by molar-refractivity contribution is 5.37. The van der Waals surface area contributed by atoms with Crippen molar-refractivity contribution < 1.29 is 4.74 Å². The number of methoxy groups -OCH3 is 1. The van der Waals surface area contributed by atoms with Crippen molar-refractivity contribution in [1.29, 1.82) is 0 Å². The van der Waals surface area contributed by atoms with Gasteiger partial charge in [0.15, 0.2) is 0 Å². The van der Waals surface area contributed by atoms with Gasteiger partial charge in [0, 0.05) is 45.7 Å². The Morgan fingerprint density at radius 3 is 2.21 bits per heavy atom. The van der Waals surface area contributed by atoms with Crippen LogP contribution in [0.25, 0.3) is 0 Å². The van der Waals surface area contributed by atoms with Crippen LogP contribution in [0, 0.1) is 0 Å². The van der Waals surface area contributed by atoms with Crippen molar-refractivity contribution in [3.05, 3.63) is 88.2 Å². The predicted molar refractivity (Wildman–Crippen MR) is 112 cm³/mol. The standard InChI is InChI=1S/C24H26N4O/c1-29-20-9-7-19(8-10-20)13-27-12-11-23-21(15-27)22-16-28(17-24(22)26-25-23)14-18-5-3-2-4-6-18/h2-10H,11-17H2,1H3. The Morgan fingerprint density at radius 2 is 1.41 bits per heavy atom. The minimum absolute atomic E-state index is 0.892. The average molecular weight is 386 g/mol. The van der Waals surface area contributed by atoms with E-state index >= 15 is 0 Å². The normalized spacial score (nSPS) is 16.4. The van der Waals surface area contributed by atoms with Gasteiger partial charge in [-0.3, -0.25) is 9.80 Å². The molecule has 148 valence electrons. The van der Waals surface area contributed by atoms with E-state index in [1.54, 1.807) is 7.11 Å². The van der Waals surface area contributed by atoms with Crippen molar-refractivity contribution in [2.45, 2.75) is 39.1 Å². The number of ether oxygens (including phenoxy) is 1. The molecule has 0 bridgehead atoms. The third-order valence-corrected chi connectivity index (χ3v) is 5.97. The number of hydrogen-bond donors (Lipinski definition) is 0. The zero-order valence-corrected chi connectivity index (χ0v) is 16.8. The fourth-order valence-electron chi connectivity index (χ4n) is 4.43. The zero-order valence-electron chi connectivity index (χ0n) is 16.8. The monoisotopic (exact) mass is 386 g/mol. The minimum atomic E-state index is 0.892. The summed E-state index contributed by atoms with van der Waals surface area (Å²) in [5.74, 6) is 0.907. The van der Waals surface area contributed by atoms with E-state index in [1.807, 2.05) is 12.1 Å². The summed E-state index contributed by atoms with van der Waals surface area (Å²) in [6.07, 6.45) is 0.977. The lowest BCUT2D eigenvalue weighted by Gasteiger charge is -2.29. The smallest absolute Gasteiger partial charge is 0.118 e. The number of hydrogen-bond acceptors (Lipinski definition) is 5. The van der Waals surface area contributed by atoms with Crippen LogP contribution in [0.15, 0.2) is 54.6 Å². The molecule has 1 aromatic heterocycles. The van der Waals surface area contributed by atoms with Crippen LogP contribution in [-0.4, -0.2) is 33.7 Å². The lowest BCUT2D eigenvalue weighted by molar-refractivity contribution is 0.239. The van der Waals surface area contributed by atoms with Gasteiger partial charge in [-0.05, 0) is 34.4 Å². The zero-order chi connectivity index (χ0) is 19.6. The molecule has 0 unspecified atom stereocenters. The highest BCUT2D eigenvalue weighted by Gasteiger charge is 2.29. The van der Waals surface area contributed by atoms with Crippen molar-refractivity contribution in [3.63, 3.8) is 0 Å². The van der Waals surface area contributed by atoms with E-state index in [2.05, 4.69) is 62.5 Å². The second-order valence-electron chi connectivity index (χ2n) is 7.99. The van der Waals surface area contributed by atoms with Gasteiger partial charge in [-0.25, -0.2) is 0 Å². The van der Waals surface area contributed by atoms with E-state index in [9.17, 15) is 0 Å². The molecule has 2 aromatic carbocycles. The Kier molecular flexibility index (Phi) is 5.00. The molecule has 3 aromatic rings. The second kappa shape index (κ2) is 7.93. The Balaban J connectivity index is 1.30. The van der Waals surface area contributed by atoms with Gasteiger partial charge in [-0.1, -0.05) is 42.5 Å². The van der Waals surface area contributed by atoms with Crippen LogP contribution >= 0.6 is 0 Å². The van der Waals surface area contributed by atoms with Gasteiger partial charge in [0.05, 0.1) is 18.5 Å².